The number of hydrogen-bond donors (Lipinski definition) is 3. The Balaban J connectivity index is 1.58. The summed E-state index contributed by atoms with van der Waals surface area (Å²) in [4.78, 5) is 24.9. The molecule has 7 nitrogen and oxygen atoms in total. The molecule has 7 heteroatoms. The Bertz CT molecular complexity index is 844. The Labute approximate surface area is 152 Å². The molecule has 2 atom stereocenters. The minimum absolute atomic E-state index is 0.00277. The Hall–Kier alpha value is -2.83. The third-order valence-corrected chi connectivity index (χ3v) is 5.23. The fourth-order valence-corrected chi connectivity index (χ4v) is 3.89. The summed E-state index contributed by atoms with van der Waals surface area (Å²) in [5.41, 5.74) is 3.73. The van der Waals surface area contributed by atoms with Crippen LogP contribution in [-0.2, 0) is 18.3 Å². The second-order valence-corrected chi connectivity index (χ2v) is 6.91. The standard InChI is InChI=1S/C19H23N5O2/c1-24-16(9-11-21-24)18-15(7-8-17(25)23-18)22-19(26)13-4-2-6-14-12(13)5-3-10-20-14/h2,4,6,9,11,15,18,20H,3,5,7-8,10H2,1H3,(H,22,26)(H,23,25)/t15-,18-/m1/s1. The zero-order valence-corrected chi connectivity index (χ0v) is 14.8. The fourth-order valence-electron chi connectivity index (χ4n) is 3.89. The number of nitrogens with zero attached hydrogens (tertiary/aromatic N) is 2. The molecule has 1 fully saturated rings. The second kappa shape index (κ2) is 6.82. The largest absolute Gasteiger partial charge is 0.385 e. The summed E-state index contributed by atoms with van der Waals surface area (Å²) in [5, 5.41) is 13.7. The fraction of sp³-hybridized carbons (Fsp3) is 0.421. The van der Waals surface area contributed by atoms with Gasteiger partial charge in [-0.15, -0.1) is 0 Å². The van der Waals surface area contributed by atoms with Crippen LogP contribution >= 0.6 is 0 Å². The first-order valence-corrected chi connectivity index (χ1v) is 9.07. The van der Waals surface area contributed by atoms with E-state index >= 15 is 0 Å². The number of rotatable bonds is 3. The van der Waals surface area contributed by atoms with E-state index in [4.69, 9.17) is 0 Å². The van der Waals surface area contributed by atoms with E-state index in [1.807, 2.05) is 31.3 Å². The number of piperidine rings is 1. The van der Waals surface area contributed by atoms with Gasteiger partial charge in [0.2, 0.25) is 5.91 Å². The van der Waals surface area contributed by atoms with Crippen LogP contribution in [0.1, 0.15) is 46.9 Å². The summed E-state index contributed by atoms with van der Waals surface area (Å²) in [5.74, 6) is -0.0816. The normalized spacial score (nSPS) is 22.1. The van der Waals surface area contributed by atoms with E-state index in [1.165, 1.54) is 0 Å². The highest BCUT2D eigenvalue weighted by Gasteiger charge is 2.33. The molecule has 0 bridgehead atoms. The number of hydrogen-bond acceptors (Lipinski definition) is 4. The molecule has 3 heterocycles. The van der Waals surface area contributed by atoms with E-state index in [-0.39, 0.29) is 23.9 Å². The average Bonchev–Trinajstić information content (AvgIpc) is 3.08. The Morgan fingerprint density at radius 2 is 2.19 bits per heavy atom. The van der Waals surface area contributed by atoms with Gasteiger partial charge in [0.15, 0.2) is 0 Å². The molecule has 0 unspecified atom stereocenters. The van der Waals surface area contributed by atoms with Gasteiger partial charge in [0.25, 0.3) is 5.91 Å². The van der Waals surface area contributed by atoms with Crippen LogP contribution in [0.3, 0.4) is 0 Å². The number of aromatic nitrogens is 2. The minimum Gasteiger partial charge on any atom is -0.385 e. The summed E-state index contributed by atoms with van der Waals surface area (Å²) in [7, 11) is 1.84. The van der Waals surface area contributed by atoms with Gasteiger partial charge in [-0.3, -0.25) is 14.3 Å². The monoisotopic (exact) mass is 353 g/mol. The number of amides is 2. The quantitative estimate of drug-likeness (QED) is 0.781. The predicted molar refractivity (Wildman–Crippen MR) is 97.8 cm³/mol. The highest BCUT2D eigenvalue weighted by atomic mass is 16.2. The Kier molecular flexibility index (Phi) is 4.36. The molecule has 2 aliphatic heterocycles. The molecule has 1 aromatic heterocycles. The van der Waals surface area contributed by atoms with Gasteiger partial charge < -0.3 is 16.0 Å². The average molecular weight is 353 g/mol. The molecule has 136 valence electrons. The maximum absolute atomic E-state index is 13.0. The van der Waals surface area contributed by atoms with Gasteiger partial charge in [-0.25, -0.2) is 0 Å². The lowest BCUT2D eigenvalue weighted by molar-refractivity contribution is -0.123. The van der Waals surface area contributed by atoms with E-state index < -0.39 is 0 Å². The lowest BCUT2D eigenvalue weighted by Gasteiger charge is -2.33. The van der Waals surface area contributed by atoms with Crippen molar-refractivity contribution in [1.82, 2.24) is 20.4 Å². The number of carbonyl (C=O) groups is 2. The van der Waals surface area contributed by atoms with Crippen molar-refractivity contribution in [2.75, 3.05) is 11.9 Å². The van der Waals surface area contributed by atoms with Gasteiger partial charge in [0.1, 0.15) is 0 Å². The molecule has 3 N–H and O–H groups in total. The highest BCUT2D eigenvalue weighted by Crippen LogP contribution is 2.27. The first-order valence-electron chi connectivity index (χ1n) is 9.07. The third kappa shape index (κ3) is 3.05. The number of aryl methyl sites for hydroxylation is 1. The maximum atomic E-state index is 13.0. The van der Waals surface area contributed by atoms with E-state index in [9.17, 15) is 9.59 Å². The first kappa shape index (κ1) is 16.6. The molecule has 0 spiro atoms. The number of anilines is 1. The van der Waals surface area contributed by atoms with Gasteiger partial charge >= 0.3 is 0 Å². The molecule has 4 rings (SSSR count). The van der Waals surface area contributed by atoms with Gasteiger partial charge in [0.05, 0.1) is 17.8 Å². The van der Waals surface area contributed by atoms with Gasteiger partial charge in [-0.05, 0) is 43.0 Å². The van der Waals surface area contributed by atoms with Gasteiger partial charge in [-0.1, -0.05) is 6.07 Å². The Morgan fingerprint density at radius 3 is 3.00 bits per heavy atom. The summed E-state index contributed by atoms with van der Waals surface area (Å²) in [6.45, 7) is 0.940. The lowest BCUT2D eigenvalue weighted by Crippen LogP contribution is -2.50. The summed E-state index contributed by atoms with van der Waals surface area (Å²) < 4.78 is 1.74. The molecule has 26 heavy (non-hydrogen) atoms. The van der Waals surface area contributed by atoms with Crippen molar-refractivity contribution in [3.63, 3.8) is 0 Å². The molecule has 0 radical (unpaired) electrons. The van der Waals surface area contributed by atoms with Crippen LogP contribution in [0.15, 0.2) is 30.5 Å². The molecular weight excluding hydrogens is 330 g/mol. The van der Waals surface area contributed by atoms with Crippen molar-refractivity contribution >= 4 is 17.5 Å². The molecular formula is C19H23N5O2. The maximum Gasteiger partial charge on any atom is 0.251 e. The number of nitrogens with one attached hydrogen (secondary N) is 3. The summed E-state index contributed by atoms with van der Waals surface area (Å²) >= 11 is 0. The van der Waals surface area contributed by atoms with Crippen molar-refractivity contribution in [3.05, 3.63) is 47.3 Å². The third-order valence-electron chi connectivity index (χ3n) is 5.23. The zero-order chi connectivity index (χ0) is 18.1. The lowest BCUT2D eigenvalue weighted by atomic mass is 9.93. The van der Waals surface area contributed by atoms with Gasteiger partial charge in [-0.2, -0.15) is 5.10 Å². The number of carbonyl (C=O) groups excluding carboxylic acids is 2. The molecule has 0 aliphatic carbocycles. The van der Waals surface area contributed by atoms with Crippen molar-refractivity contribution < 1.29 is 9.59 Å². The van der Waals surface area contributed by atoms with Crippen LogP contribution in [0.25, 0.3) is 0 Å². The van der Waals surface area contributed by atoms with Gasteiger partial charge in [0, 0.05) is 37.5 Å². The summed E-state index contributed by atoms with van der Waals surface area (Å²) in [6.07, 6.45) is 4.65. The topological polar surface area (TPSA) is 88.1 Å². The van der Waals surface area contributed by atoms with E-state index in [2.05, 4.69) is 21.0 Å². The van der Waals surface area contributed by atoms with Crippen molar-refractivity contribution in [2.24, 2.45) is 7.05 Å². The predicted octanol–water partition coefficient (Wildman–Crippen LogP) is 1.53. The summed E-state index contributed by atoms with van der Waals surface area (Å²) in [6, 6.07) is 7.25. The van der Waals surface area contributed by atoms with E-state index in [0.717, 1.165) is 41.9 Å². The molecule has 1 saturated heterocycles. The molecule has 2 aliphatic rings. The van der Waals surface area contributed by atoms with E-state index in [0.29, 0.717) is 12.8 Å². The number of fused-ring (bicyclic) bond motifs is 1. The van der Waals surface area contributed by atoms with Crippen LogP contribution in [-0.4, -0.2) is 34.2 Å². The first-order chi connectivity index (χ1) is 12.6. The van der Waals surface area contributed by atoms with Crippen LogP contribution < -0.4 is 16.0 Å². The van der Waals surface area contributed by atoms with E-state index in [1.54, 1.807) is 10.9 Å². The van der Waals surface area contributed by atoms with Crippen LogP contribution in [0, 0.1) is 0 Å². The number of benzene rings is 1. The van der Waals surface area contributed by atoms with Crippen LogP contribution in [0.2, 0.25) is 0 Å². The SMILES string of the molecule is Cn1nccc1[C@@H]1NC(=O)CC[C@H]1NC(=O)c1cccc2c1CCCN2. The second-order valence-electron chi connectivity index (χ2n) is 6.91. The molecule has 2 aromatic rings. The highest BCUT2D eigenvalue weighted by molar-refractivity contribution is 5.97. The Morgan fingerprint density at radius 1 is 1.31 bits per heavy atom. The van der Waals surface area contributed by atoms with Crippen LogP contribution in [0.4, 0.5) is 5.69 Å². The van der Waals surface area contributed by atoms with Crippen molar-refractivity contribution in [1.29, 1.82) is 0 Å². The minimum atomic E-state index is -0.273. The zero-order valence-electron chi connectivity index (χ0n) is 14.8. The smallest absolute Gasteiger partial charge is 0.251 e. The van der Waals surface area contributed by atoms with Crippen LogP contribution in [0.5, 0.6) is 0 Å². The molecule has 0 saturated carbocycles. The molecule has 1 aromatic carbocycles. The molecule has 2 amide bonds. The van der Waals surface area contributed by atoms with Crippen molar-refractivity contribution in [2.45, 2.75) is 37.8 Å². The van der Waals surface area contributed by atoms with Crippen molar-refractivity contribution in [3.8, 4) is 0 Å².